The Morgan fingerprint density at radius 3 is 2.31 bits per heavy atom. The summed E-state index contributed by atoms with van der Waals surface area (Å²) in [6.07, 6.45) is 3.53. The molecule has 0 saturated carbocycles. The first kappa shape index (κ1) is 13.3. The van der Waals surface area contributed by atoms with Gasteiger partial charge in [0.1, 0.15) is 0 Å². The topological polar surface area (TPSA) is 23.6 Å². The number of nitrogens with zero attached hydrogens (tertiary/aromatic N) is 2. The molecule has 0 N–H and O–H groups in total. The van der Waals surface area contributed by atoms with Crippen LogP contribution in [0.2, 0.25) is 0 Å². The Morgan fingerprint density at radius 1 is 1.19 bits per heavy atom. The molecule has 0 aromatic rings. The van der Waals surface area contributed by atoms with E-state index in [4.69, 9.17) is 0 Å². The van der Waals surface area contributed by atoms with E-state index in [0.717, 1.165) is 31.8 Å². The van der Waals surface area contributed by atoms with Gasteiger partial charge in [-0.05, 0) is 30.6 Å². The minimum Gasteiger partial charge on any atom is -0.331 e. The second-order valence-corrected chi connectivity index (χ2v) is 6.16. The molecule has 0 spiro atoms. The maximum absolute atomic E-state index is 11.9. The van der Waals surface area contributed by atoms with E-state index in [9.17, 15) is 4.79 Å². The predicted octanol–water partition coefficient (Wildman–Crippen LogP) is 2.82. The lowest BCUT2D eigenvalue weighted by Gasteiger charge is -2.30. The number of carbonyl (C=O) groups is 1. The third-order valence-electron chi connectivity index (χ3n) is 3.61. The van der Waals surface area contributed by atoms with Gasteiger partial charge in [-0.1, -0.05) is 20.8 Å². The van der Waals surface area contributed by atoms with Crippen molar-refractivity contribution in [2.45, 2.75) is 40.0 Å². The van der Waals surface area contributed by atoms with Gasteiger partial charge < -0.3 is 9.80 Å². The molecule has 3 nitrogen and oxygen atoms in total. The first-order valence-corrected chi connectivity index (χ1v) is 6.28. The highest BCUT2D eigenvalue weighted by molar-refractivity contribution is 5.73. The van der Waals surface area contributed by atoms with Crippen LogP contribution in [0.15, 0.2) is 0 Å². The van der Waals surface area contributed by atoms with Crippen molar-refractivity contribution in [1.29, 1.82) is 0 Å². The van der Waals surface area contributed by atoms with Crippen molar-refractivity contribution < 1.29 is 4.79 Å². The largest absolute Gasteiger partial charge is 0.331 e. The lowest BCUT2D eigenvalue weighted by atomic mass is 9.77. The summed E-state index contributed by atoms with van der Waals surface area (Å²) in [5, 5.41) is 0. The molecule has 0 aromatic carbocycles. The van der Waals surface area contributed by atoms with Gasteiger partial charge in [-0.15, -0.1) is 0 Å². The van der Waals surface area contributed by atoms with Crippen LogP contribution < -0.4 is 0 Å². The minimum absolute atomic E-state index is 0.162. The first-order chi connectivity index (χ1) is 7.32. The van der Waals surface area contributed by atoms with Crippen molar-refractivity contribution in [2.24, 2.45) is 11.3 Å². The Hall–Kier alpha value is -0.730. The molecule has 2 amide bonds. The van der Waals surface area contributed by atoms with E-state index >= 15 is 0 Å². The van der Waals surface area contributed by atoms with Crippen molar-refractivity contribution in [3.63, 3.8) is 0 Å². The normalized spacial score (nSPS) is 22.8. The molecule has 1 aliphatic rings. The number of carbonyl (C=O) groups excluding carboxylic acids is 1. The summed E-state index contributed by atoms with van der Waals surface area (Å²) in [5.41, 5.74) is 0.372. The van der Waals surface area contributed by atoms with E-state index in [1.54, 1.807) is 4.90 Å². The van der Waals surface area contributed by atoms with Crippen molar-refractivity contribution >= 4 is 6.03 Å². The van der Waals surface area contributed by atoms with Crippen LogP contribution >= 0.6 is 0 Å². The Balaban J connectivity index is 2.56. The van der Waals surface area contributed by atoms with Gasteiger partial charge in [0, 0.05) is 27.2 Å². The van der Waals surface area contributed by atoms with Crippen molar-refractivity contribution in [2.75, 3.05) is 27.2 Å². The van der Waals surface area contributed by atoms with Crippen molar-refractivity contribution in [3.8, 4) is 0 Å². The molecule has 1 saturated heterocycles. The maximum atomic E-state index is 11.9. The molecule has 1 heterocycles. The van der Waals surface area contributed by atoms with Crippen LogP contribution in [0, 0.1) is 11.3 Å². The van der Waals surface area contributed by atoms with Crippen molar-refractivity contribution in [1.82, 2.24) is 9.80 Å². The van der Waals surface area contributed by atoms with E-state index in [2.05, 4.69) is 20.8 Å². The Bertz CT molecular complexity index is 243. The molecular weight excluding hydrogens is 200 g/mol. The summed E-state index contributed by atoms with van der Waals surface area (Å²) in [6, 6.07) is 0.162. The van der Waals surface area contributed by atoms with Gasteiger partial charge in [0.15, 0.2) is 0 Å². The highest BCUT2D eigenvalue weighted by Crippen LogP contribution is 2.34. The summed E-state index contributed by atoms with van der Waals surface area (Å²) in [6.45, 7) is 8.76. The average molecular weight is 226 g/mol. The maximum Gasteiger partial charge on any atom is 0.319 e. The second-order valence-electron chi connectivity index (χ2n) is 6.16. The van der Waals surface area contributed by atoms with E-state index in [-0.39, 0.29) is 6.03 Å². The molecule has 0 radical (unpaired) electrons. The summed E-state index contributed by atoms with van der Waals surface area (Å²) in [5.74, 6) is 0.743. The van der Waals surface area contributed by atoms with Gasteiger partial charge >= 0.3 is 6.03 Å². The first-order valence-electron chi connectivity index (χ1n) is 6.28. The van der Waals surface area contributed by atoms with Crippen LogP contribution in [0.1, 0.15) is 40.0 Å². The number of hydrogen-bond donors (Lipinski definition) is 0. The molecular formula is C13H26N2O. The quantitative estimate of drug-likeness (QED) is 0.623. The molecule has 16 heavy (non-hydrogen) atoms. The van der Waals surface area contributed by atoms with Crippen LogP contribution in [0.5, 0.6) is 0 Å². The zero-order chi connectivity index (χ0) is 12.3. The molecule has 1 fully saturated rings. The van der Waals surface area contributed by atoms with Gasteiger partial charge in [-0.2, -0.15) is 0 Å². The third kappa shape index (κ3) is 3.39. The van der Waals surface area contributed by atoms with E-state index in [0.29, 0.717) is 5.41 Å². The summed E-state index contributed by atoms with van der Waals surface area (Å²) < 4.78 is 0. The van der Waals surface area contributed by atoms with Crippen LogP contribution in [-0.4, -0.2) is 43.0 Å². The number of urea groups is 1. The van der Waals surface area contributed by atoms with Gasteiger partial charge in [0.05, 0.1) is 0 Å². The van der Waals surface area contributed by atoms with E-state index in [1.807, 2.05) is 19.0 Å². The molecule has 1 unspecified atom stereocenters. The molecule has 1 atom stereocenters. The lowest BCUT2D eigenvalue weighted by Crippen LogP contribution is -2.39. The van der Waals surface area contributed by atoms with Crippen LogP contribution in [-0.2, 0) is 0 Å². The van der Waals surface area contributed by atoms with Crippen LogP contribution in [0.3, 0.4) is 0 Å². The smallest absolute Gasteiger partial charge is 0.319 e. The highest BCUT2D eigenvalue weighted by Gasteiger charge is 2.28. The summed E-state index contributed by atoms with van der Waals surface area (Å²) in [7, 11) is 3.66. The fraction of sp³-hybridized carbons (Fsp3) is 0.923. The molecule has 0 aliphatic carbocycles. The average Bonchev–Trinajstić information content (AvgIpc) is 2.40. The zero-order valence-corrected chi connectivity index (χ0v) is 11.4. The minimum atomic E-state index is 0.162. The zero-order valence-electron chi connectivity index (χ0n) is 11.4. The molecule has 1 aliphatic heterocycles. The number of rotatable bonds is 0. The molecule has 0 aromatic heterocycles. The monoisotopic (exact) mass is 226 g/mol. The molecule has 0 bridgehead atoms. The van der Waals surface area contributed by atoms with Crippen LogP contribution in [0.25, 0.3) is 0 Å². The number of amides is 2. The fourth-order valence-corrected chi connectivity index (χ4v) is 2.44. The van der Waals surface area contributed by atoms with E-state index in [1.165, 1.54) is 6.42 Å². The molecule has 94 valence electrons. The molecule has 3 heteroatoms. The Morgan fingerprint density at radius 2 is 1.81 bits per heavy atom. The summed E-state index contributed by atoms with van der Waals surface area (Å²) >= 11 is 0. The summed E-state index contributed by atoms with van der Waals surface area (Å²) in [4.78, 5) is 15.5. The van der Waals surface area contributed by atoms with Gasteiger partial charge in [-0.25, -0.2) is 4.79 Å². The number of likely N-dealkylation sites (tertiary alicyclic amines) is 1. The highest BCUT2D eigenvalue weighted by atomic mass is 16.2. The van der Waals surface area contributed by atoms with E-state index < -0.39 is 0 Å². The SMILES string of the molecule is CN(C)C(=O)N1CCCC(C(C)(C)C)CC1. The Labute approximate surface area is 99.8 Å². The Kier molecular flexibility index (Phi) is 4.22. The standard InChI is InChI=1S/C13H26N2O/c1-13(2,3)11-7-6-9-15(10-8-11)12(16)14(4)5/h11H,6-10H2,1-5H3. The van der Waals surface area contributed by atoms with Gasteiger partial charge in [0.25, 0.3) is 0 Å². The third-order valence-corrected chi connectivity index (χ3v) is 3.61. The lowest BCUT2D eigenvalue weighted by molar-refractivity contribution is 0.168. The molecule has 1 rings (SSSR count). The number of hydrogen-bond acceptors (Lipinski definition) is 1. The predicted molar refractivity (Wildman–Crippen MR) is 67.5 cm³/mol. The van der Waals surface area contributed by atoms with Gasteiger partial charge in [-0.3, -0.25) is 0 Å². The fourth-order valence-electron chi connectivity index (χ4n) is 2.44. The van der Waals surface area contributed by atoms with Gasteiger partial charge in [0.2, 0.25) is 0 Å². The van der Waals surface area contributed by atoms with Crippen LogP contribution in [0.4, 0.5) is 4.79 Å². The van der Waals surface area contributed by atoms with Crippen molar-refractivity contribution in [3.05, 3.63) is 0 Å². The second kappa shape index (κ2) is 5.07.